The normalized spacial score (nSPS) is 17.2. The quantitative estimate of drug-likeness (QED) is 0.857. The molecular formula is C18H25N7O. The number of nitrogens with one attached hydrogen (secondary N) is 1. The average molecular weight is 355 g/mol. The Balaban J connectivity index is 1.82. The van der Waals surface area contributed by atoms with Crippen LogP contribution in [0.15, 0.2) is 12.1 Å². The van der Waals surface area contributed by atoms with Crippen LogP contribution in [0.4, 0.5) is 11.8 Å². The van der Waals surface area contributed by atoms with E-state index in [4.69, 9.17) is 5.73 Å². The van der Waals surface area contributed by atoms with E-state index in [0.29, 0.717) is 18.3 Å². The molecule has 2 aromatic rings. The van der Waals surface area contributed by atoms with Crippen molar-refractivity contribution in [3.63, 3.8) is 0 Å². The lowest BCUT2D eigenvalue weighted by molar-refractivity contribution is -0.130. The van der Waals surface area contributed by atoms with Crippen molar-refractivity contribution in [1.29, 1.82) is 0 Å². The molecule has 0 radical (unpaired) electrons. The number of aromatic nitrogens is 4. The highest BCUT2D eigenvalue weighted by atomic mass is 16.2. The van der Waals surface area contributed by atoms with Crippen LogP contribution >= 0.6 is 0 Å². The molecule has 0 bridgehead atoms. The lowest BCUT2D eigenvalue weighted by Crippen LogP contribution is -2.42. The number of amides is 1. The van der Waals surface area contributed by atoms with Crippen molar-refractivity contribution < 1.29 is 4.79 Å². The molecule has 1 aliphatic heterocycles. The molecule has 1 atom stereocenters. The van der Waals surface area contributed by atoms with Crippen molar-refractivity contribution in [2.75, 3.05) is 25.0 Å². The van der Waals surface area contributed by atoms with Gasteiger partial charge in [0.25, 0.3) is 0 Å². The van der Waals surface area contributed by atoms with Crippen LogP contribution in [-0.4, -0.2) is 50.4 Å². The summed E-state index contributed by atoms with van der Waals surface area (Å²) in [6.07, 6.45) is 1.88. The van der Waals surface area contributed by atoms with Crippen LogP contribution < -0.4 is 11.1 Å². The zero-order valence-corrected chi connectivity index (χ0v) is 15.5. The van der Waals surface area contributed by atoms with E-state index in [0.717, 1.165) is 42.3 Å². The molecule has 1 fully saturated rings. The Kier molecular flexibility index (Phi) is 5.41. The predicted molar refractivity (Wildman–Crippen MR) is 99.2 cm³/mol. The second-order valence-corrected chi connectivity index (χ2v) is 6.74. The molecule has 8 heteroatoms. The first-order valence-electron chi connectivity index (χ1n) is 8.87. The third kappa shape index (κ3) is 4.32. The number of nitrogens with two attached hydrogens (primary N) is 1. The van der Waals surface area contributed by atoms with Gasteiger partial charge in [-0.25, -0.2) is 19.9 Å². The molecular weight excluding hydrogens is 330 g/mol. The Hall–Kier alpha value is -2.61. The highest BCUT2D eigenvalue weighted by Gasteiger charge is 2.26. The first-order chi connectivity index (χ1) is 12.4. The first-order valence-corrected chi connectivity index (χ1v) is 8.87. The van der Waals surface area contributed by atoms with E-state index in [1.165, 1.54) is 0 Å². The van der Waals surface area contributed by atoms with E-state index in [2.05, 4.69) is 25.3 Å². The number of aryl methyl sites for hydroxylation is 3. The Morgan fingerprint density at radius 1 is 1.15 bits per heavy atom. The second kappa shape index (κ2) is 7.74. The van der Waals surface area contributed by atoms with Crippen LogP contribution in [0.5, 0.6) is 0 Å². The number of nitrogens with zero attached hydrogens (tertiary/aromatic N) is 5. The number of piperidine rings is 1. The molecule has 138 valence electrons. The zero-order chi connectivity index (χ0) is 18.7. The van der Waals surface area contributed by atoms with Crippen molar-refractivity contribution >= 4 is 17.7 Å². The lowest BCUT2D eigenvalue weighted by Gasteiger charge is -2.32. The molecule has 1 amide bonds. The van der Waals surface area contributed by atoms with Crippen LogP contribution in [0, 0.1) is 20.8 Å². The van der Waals surface area contributed by atoms with Gasteiger partial charge in [0.2, 0.25) is 11.9 Å². The first kappa shape index (κ1) is 18.2. The molecule has 1 aliphatic rings. The molecule has 0 aliphatic carbocycles. The lowest BCUT2D eigenvalue weighted by atomic mass is 9.97. The summed E-state index contributed by atoms with van der Waals surface area (Å²) in [5, 5.41) is 3.18. The van der Waals surface area contributed by atoms with Gasteiger partial charge >= 0.3 is 0 Å². The highest BCUT2D eigenvalue weighted by Crippen LogP contribution is 2.26. The molecule has 3 heterocycles. The van der Waals surface area contributed by atoms with Crippen LogP contribution in [-0.2, 0) is 4.79 Å². The molecule has 1 saturated heterocycles. The van der Waals surface area contributed by atoms with Crippen molar-refractivity contribution in [2.24, 2.45) is 5.73 Å². The minimum Gasteiger partial charge on any atom is -0.341 e. The van der Waals surface area contributed by atoms with Crippen LogP contribution in [0.2, 0.25) is 0 Å². The SMILES string of the molecule is Cc1cc(C)nc(Nc2cc(C)nc([C@@H]3CCCN(C(=O)CN)C3)n2)n1. The van der Waals surface area contributed by atoms with E-state index < -0.39 is 0 Å². The minimum atomic E-state index is -0.0238. The van der Waals surface area contributed by atoms with Crippen LogP contribution in [0.25, 0.3) is 0 Å². The number of hydrogen-bond donors (Lipinski definition) is 2. The number of likely N-dealkylation sites (tertiary alicyclic amines) is 1. The third-order valence-corrected chi connectivity index (χ3v) is 4.41. The number of hydrogen-bond acceptors (Lipinski definition) is 7. The van der Waals surface area contributed by atoms with Gasteiger partial charge in [0.05, 0.1) is 6.54 Å². The zero-order valence-electron chi connectivity index (χ0n) is 15.5. The van der Waals surface area contributed by atoms with Crippen molar-refractivity contribution in [3.8, 4) is 0 Å². The van der Waals surface area contributed by atoms with E-state index in [9.17, 15) is 4.79 Å². The van der Waals surface area contributed by atoms with Gasteiger partial charge in [-0.3, -0.25) is 4.79 Å². The number of carbonyl (C=O) groups excluding carboxylic acids is 1. The maximum atomic E-state index is 11.9. The maximum absolute atomic E-state index is 11.9. The number of rotatable bonds is 4. The molecule has 2 aromatic heterocycles. The Bertz CT molecular complexity index is 788. The van der Waals surface area contributed by atoms with Gasteiger partial charge in [-0.05, 0) is 39.7 Å². The van der Waals surface area contributed by atoms with E-state index in [1.807, 2.05) is 32.9 Å². The van der Waals surface area contributed by atoms with Crippen LogP contribution in [0.1, 0.15) is 41.7 Å². The van der Waals surface area contributed by atoms with E-state index >= 15 is 0 Å². The van der Waals surface area contributed by atoms with E-state index in [1.54, 1.807) is 4.90 Å². The summed E-state index contributed by atoms with van der Waals surface area (Å²) < 4.78 is 0. The third-order valence-electron chi connectivity index (χ3n) is 4.41. The fourth-order valence-electron chi connectivity index (χ4n) is 3.28. The van der Waals surface area contributed by atoms with Gasteiger partial charge in [0.1, 0.15) is 11.6 Å². The second-order valence-electron chi connectivity index (χ2n) is 6.74. The number of anilines is 2. The molecule has 0 aromatic carbocycles. The summed E-state index contributed by atoms with van der Waals surface area (Å²) in [5.74, 6) is 2.02. The molecule has 0 saturated carbocycles. The van der Waals surface area contributed by atoms with Gasteiger partial charge in [-0.15, -0.1) is 0 Å². The Morgan fingerprint density at radius 2 is 1.85 bits per heavy atom. The summed E-state index contributed by atoms with van der Waals surface area (Å²) in [4.78, 5) is 31.8. The highest BCUT2D eigenvalue weighted by molar-refractivity contribution is 5.78. The topological polar surface area (TPSA) is 110 Å². The summed E-state index contributed by atoms with van der Waals surface area (Å²) in [5.41, 5.74) is 8.16. The molecule has 0 unspecified atom stereocenters. The minimum absolute atomic E-state index is 0.0238. The van der Waals surface area contributed by atoms with Gasteiger partial charge in [0, 0.05) is 42.2 Å². The van der Waals surface area contributed by atoms with Crippen molar-refractivity contribution in [2.45, 2.75) is 39.5 Å². The molecule has 26 heavy (non-hydrogen) atoms. The van der Waals surface area contributed by atoms with Gasteiger partial charge in [-0.1, -0.05) is 0 Å². The molecule has 3 rings (SSSR count). The average Bonchev–Trinajstić information content (AvgIpc) is 2.59. The smallest absolute Gasteiger partial charge is 0.236 e. The summed E-state index contributed by atoms with van der Waals surface area (Å²) in [6.45, 7) is 7.20. The molecule has 8 nitrogen and oxygen atoms in total. The number of carbonyl (C=O) groups is 1. The summed E-state index contributed by atoms with van der Waals surface area (Å²) in [7, 11) is 0. The predicted octanol–water partition coefficient (Wildman–Crippen LogP) is 1.60. The fourth-order valence-corrected chi connectivity index (χ4v) is 3.28. The summed E-state index contributed by atoms with van der Waals surface area (Å²) >= 11 is 0. The molecule has 3 N–H and O–H groups in total. The Morgan fingerprint density at radius 3 is 2.54 bits per heavy atom. The van der Waals surface area contributed by atoms with Gasteiger partial charge in [-0.2, -0.15) is 0 Å². The van der Waals surface area contributed by atoms with Crippen LogP contribution in [0.3, 0.4) is 0 Å². The van der Waals surface area contributed by atoms with Crippen molar-refractivity contribution in [1.82, 2.24) is 24.8 Å². The summed E-state index contributed by atoms with van der Waals surface area (Å²) in [6, 6.07) is 3.79. The van der Waals surface area contributed by atoms with Gasteiger partial charge < -0.3 is 16.0 Å². The maximum Gasteiger partial charge on any atom is 0.236 e. The Labute approximate surface area is 153 Å². The fraction of sp³-hybridized carbons (Fsp3) is 0.500. The van der Waals surface area contributed by atoms with E-state index in [-0.39, 0.29) is 18.4 Å². The monoisotopic (exact) mass is 355 g/mol. The largest absolute Gasteiger partial charge is 0.341 e. The van der Waals surface area contributed by atoms with Crippen molar-refractivity contribution in [3.05, 3.63) is 35.0 Å². The molecule has 0 spiro atoms. The van der Waals surface area contributed by atoms with Gasteiger partial charge in [0.15, 0.2) is 0 Å². The standard InChI is InChI=1S/C18H25N7O/c1-11-7-12(2)22-18(21-11)24-15-8-13(3)20-17(23-15)14-5-4-6-25(10-14)16(26)9-19/h7-8,14H,4-6,9-10,19H2,1-3H3,(H,20,21,22,23,24)/t14-/m1/s1.